The van der Waals surface area contributed by atoms with E-state index in [2.05, 4.69) is 6.07 Å². The maximum Gasteiger partial charge on any atom is 0.150 e. The highest BCUT2D eigenvalue weighted by Crippen LogP contribution is 2.26. The van der Waals surface area contributed by atoms with Crippen molar-refractivity contribution in [3.8, 4) is 0 Å². The minimum atomic E-state index is 0.799. The minimum absolute atomic E-state index is 0.799. The average Bonchev–Trinajstić information content (AvgIpc) is 2.71. The quantitative estimate of drug-likeness (QED) is 0.707. The number of rotatable bonds is 3. The molecule has 1 aliphatic rings. The van der Waals surface area contributed by atoms with E-state index in [0.29, 0.717) is 0 Å². The van der Waals surface area contributed by atoms with E-state index < -0.39 is 0 Å². The van der Waals surface area contributed by atoms with E-state index in [0.717, 1.165) is 24.2 Å². The van der Waals surface area contributed by atoms with Crippen LogP contribution < -0.4 is 0 Å². The molecule has 1 saturated heterocycles. The summed E-state index contributed by atoms with van der Waals surface area (Å²) in [6.07, 6.45) is 3.39. The summed E-state index contributed by atoms with van der Waals surface area (Å²) in [6, 6.07) is 7.97. The second kappa shape index (κ2) is 4.65. The smallest absolute Gasteiger partial charge is 0.150 e. The van der Waals surface area contributed by atoms with Gasteiger partial charge in [0.05, 0.1) is 0 Å². The Morgan fingerprint density at radius 3 is 3.14 bits per heavy atom. The maximum atomic E-state index is 10.6. The SMILES string of the molecule is O=Cc1cccc(CC2CCSC2)c1. The molecule has 0 radical (unpaired) electrons. The fourth-order valence-corrected chi connectivity index (χ4v) is 3.16. The van der Waals surface area contributed by atoms with Crippen molar-refractivity contribution in [1.82, 2.24) is 0 Å². The largest absolute Gasteiger partial charge is 0.298 e. The summed E-state index contributed by atoms with van der Waals surface area (Å²) in [6.45, 7) is 0. The van der Waals surface area contributed by atoms with Gasteiger partial charge in [0.2, 0.25) is 0 Å². The molecule has 1 aromatic rings. The molecule has 1 fully saturated rings. The van der Waals surface area contributed by atoms with Crippen molar-refractivity contribution in [3.63, 3.8) is 0 Å². The molecule has 14 heavy (non-hydrogen) atoms. The summed E-state index contributed by atoms with van der Waals surface area (Å²) >= 11 is 2.04. The van der Waals surface area contributed by atoms with Crippen molar-refractivity contribution < 1.29 is 4.79 Å². The van der Waals surface area contributed by atoms with Crippen LogP contribution in [0.15, 0.2) is 24.3 Å². The first-order chi connectivity index (χ1) is 6.88. The molecule has 1 nitrogen and oxygen atoms in total. The Bertz CT molecular complexity index is 316. The lowest BCUT2D eigenvalue weighted by molar-refractivity contribution is 0.112. The molecule has 1 heterocycles. The predicted molar refractivity (Wildman–Crippen MR) is 61.0 cm³/mol. The van der Waals surface area contributed by atoms with Gasteiger partial charge in [0.15, 0.2) is 0 Å². The standard InChI is InChI=1S/C12H14OS/c13-8-11-3-1-2-10(6-11)7-12-4-5-14-9-12/h1-3,6,8,12H,4-5,7,9H2. The third-order valence-electron chi connectivity index (χ3n) is 2.64. The van der Waals surface area contributed by atoms with Crippen LogP contribution in [0, 0.1) is 5.92 Å². The van der Waals surface area contributed by atoms with Crippen LogP contribution >= 0.6 is 11.8 Å². The van der Waals surface area contributed by atoms with E-state index in [1.54, 1.807) is 0 Å². The number of hydrogen-bond donors (Lipinski definition) is 0. The van der Waals surface area contributed by atoms with Crippen LogP contribution in [-0.4, -0.2) is 17.8 Å². The number of thioether (sulfide) groups is 1. The molecule has 0 spiro atoms. The summed E-state index contributed by atoms with van der Waals surface area (Å²) < 4.78 is 0. The van der Waals surface area contributed by atoms with Gasteiger partial charge in [-0.3, -0.25) is 4.79 Å². The Kier molecular flexibility index (Phi) is 3.25. The summed E-state index contributed by atoms with van der Waals surface area (Å²) in [5, 5.41) is 0. The lowest BCUT2D eigenvalue weighted by Gasteiger charge is -2.07. The van der Waals surface area contributed by atoms with Gasteiger partial charge in [0, 0.05) is 5.56 Å². The van der Waals surface area contributed by atoms with Gasteiger partial charge in [0.1, 0.15) is 6.29 Å². The van der Waals surface area contributed by atoms with E-state index in [9.17, 15) is 4.79 Å². The number of benzene rings is 1. The lowest BCUT2D eigenvalue weighted by atomic mass is 9.98. The van der Waals surface area contributed by atoms with Crippen LogP contribution in [0.2, 0.25) is 0 Å². The Morgan fingerprint density at radius 2 is 2.43 bits per heavy atom. The molecule has 0 aliphatic carbocycles. The highest BCUT2D eigenvalue weighted by molar-refractivity contribution is 7.99. The van der Waals surface area contributed by atoms with Gasteiger partial charge in [-0.05, 0) is 41.9 Å². The highest BCUT2D eigenvalue weighted by atomic mass is 32.2. The molecule has 74 valence electrons. The second-order valence-electron chi connectivity index (χ2n) is 3.80. The van der Waals surface area contributed by atoms with Crippen molar-refractivity contribution in [2.24, 2.45) is 5.92 Å². The number of carbonyl (C=O) groups is 1. The number of aldehydes is 1. The molecule has 0 saturated carbocycles. The van der Waals surface area contributed by atoms with Gasteiger partial charge in [0.25, 0.3) is 0 Å². The van der Waals surface area contributed by atoms with Gasteiger partial charge in [-0.15, -0.1) is 0 Å². The molecule has 1 aromatic carbocycles. The highest BCUT2D eigenvalue weighted by Gasteiger charge is 2.15. The summed E-state index contributed by atoms with van der Waals surface area (Å²) in [5.74, 6) is 3.41. The van der Waals surface area contributed by atoms with Gasteiger partial charge in [-0.25, -0.2) is 0 Å². The summed E-state index contributed by atoms with van der Waals surface area (Å²) in [5.41, 5.74) is 2.11. The fourth-order valence-electron chi connectivity index (χ4n) is 1.87. The van der Waals surface area contributed by atoms with E-state index in [1.165, 1.54) is 23.5 Å². The second-order valence-corrected chi connectivity index (χ2v) is 4.95. The monoisotopic (exact) mass is 206 g/mol. The van der Waals surface area contributed by atoms with Crippen LogP contribution in [0.3, 0.4) is 0 Å². The lowest BCUT2D eigenvalue weighted by Crippen LogP contribution is -2.02. The normalized spacial score (nSPS) is 21.0. The Balaban J connectivity index is 2.04. The topological polar surface area (TPSA) is 17.1 Å². The third kappa shape index (κ3) is 2.38. The molecule has 1 aliphatic heterocycles. The summed E-state index contributed by atoms with van der Waals surface area (Å²) in [7, 11) is 0. The van der Waals surface area contributed by atoms with E-state index in [1.807, 2.05) is 30.0 Å². The first-order valence-corrected chi connectivity index (χ1v) is 6.16. The van der Waals surface area contributed by atoms with E-state index in [4.69, 9.17) is 0 Å². The molecular formula is C12H14OS. The van der Waals surface area contributed by atoms with Gasteiger partial charge < -0.3 is 0 Å². The average molecular weight is 206 g/mol. The van der Waals surface area contributed by atoms with Crippen LogP contribution in [0.25, 0.3) is 0 Å². The molecular weight excluding hydrogens is 192 g/mol. The minimum Gasteiger partial charge on any atom is -0.298 e. The molecule has 0 bridgehead atoms. The Labute approximate surface area is 88.9 Å². The van der Waals surface area contributed by atoms with E-state index >= 15 is 0 Å². The van der Waals surface area contributed by atoms with Crippen LogP contribution in [0.5, 0.6) is 0 Å². The first-order valence-electron chi connectivity index (χ1n) is 5.00. The third-order valence-corrected chi connectivity index (χ3v) is 3.87. The predicted octanol–water partition coefficient (Wildman–Crippen LogP) is 2.79. The molecule has 1 unspecified atom stereocenters. The molecule has 0 N–H and O–H groups in total. The Hall–Kier alpha value is -0.760. The van der Waals surface area contributed by atoms with Crippen molar-refractivity contribution in [2.75, 3.05) is 11.5 Å². The van der Waals surface area contributed by atoms with Crippen LogP contribution in [0.1, 0.15) is 22.3 Å². The molecule has 2 heteroatoms. The molecule has 0 aromatic heterocycles. The van der Waals surface area contributed by atoms with Gasteiger partial charge >= 0.3 is 0 Å². The number of carbonyl (C=O) groups excluding carboxylic acids is 1. The van der Waals surface area contributed by atoms with Crippen molar-refractivity contribution in [2.45, 2.75) is 12.8 Å². The zero-order valence-corrected chi connectivity index (χ0v) is 8.93. The Morgan fingerprint density at radius 1 is 1.50 bits per heavy atom. The van der Waals surface area contributed by atoms with Crippen LogP contribution in [0.4, 0.5) is 0 Å². The van der Waals surface area contributed by atoms with Crippen molar-refractivity contribution in [1.29, 1.82) is 0 Å². The molecule has 1 atom stereocenters. The molecule has 2 rings (SSSR count). The van der Waals surface area contributed by atoms with Crippen LogP contribution in [-0.2, 0) is 6.42 Å². The zero-order valence-electron chi connectivity index (χ0n) is 8.11. The summed E-state index contributed by atoms with van der Waals surface area (Å²) in [4.78, 5) is 10.6. The maximum absolute atomic E-state index is 10.6. The molecule has 0 amide bonds. The van der Waals surface area contributed by atoms with Gasteiger partial charge in [-0.2, -0.15) is 11.8 Å². The fraction of sp³-hybridized carbons (Fsp3) is 0.417. The zero-order chi connectivity index (χ0) is 9.80. The van der Waals surface area contributed by atoms with E-state index in [-0.39, 0.29) is 0 Å². The van der Waals surface area contributed by atoms with Crippen molar-refractivity contribution >= 4 is 18.0 Å². The first kappa shape index (κ1) is 9.78. The number of hydrogen-bond acceptors (Lipinski definition) is 2. The van der Waals surface area contributed by atoms with Crippen molar-refractivity contribution in [3.05, 3.63) is 35.4 Å². The van der Waals surface area contributed by atoms with Gasteiger partial charge in [-0.1, -0.05) is 18.2 Å².